The molecule has 0 aromatic heterocycles. The Labute approximate surface area is 352 Å². The third kappa shape index (κ3) is 44.3. The molecule has 0 spiro atoms. The van der Waals surface area contributed by atoms with Crippen molar-refractivity contribution in [2.75, 3.05) is 13.2 Å². The maximum Gasteiger partial charge on any atom is 0.306 e. The van der Waals surface area contributed by atoms with Crippen LogP contribution in [0.15, 0.2) is 48.6 Å². The van der Waals surface area contributed by atoms with Crippen molar-refractivity contribution in [3.05, 3.63) is 48.6 Å². The zero-order valence-electron chi connectivity index (χ0n) is 37.6. The van der Waals surface area contributed by atoms with Crippen molar-refractivity contribution in [2.24, 2.45) is 0 Å². The van der Waals surface area contributed by atoms with E-state index in [1.807, 2.05) is 0 Å². The van der Waals surface area contributed by atoms with Crippen LogP contribution in [0.25, 0.3) is 0 Å². The molecule has 0 fully saturated rings. The van der Waals surface area contributed by atoms with Gasteiger partial charge in [-0.3, -0.25) is 14.4 Å². The molecule has 0 saturated carbocycles. The van der Waals surface area contributed by atoms with Crippen LogP contribution < -0.4 is 0 Å². The fraction of sp³-hybridized carbons (Fsp3) is 0.784. The molecule has 0 saturated heterocycles. The summed E-state index contributed by atoms with van der Waals surface area (Å²) in [5.74, 6) is -0.923. The molecule has 0 amide bonds. The molecule has 0 radical (unpaired) electrons. The summed E-state index contributed by atoms with van der Waals surface area (Å²) in [5.41, 5.74) is 0. The summed E-state index contributed by atoms with van der Waals surface area (Å²) in [5, 5.41) is 0. The monoisotopic (exact) mass is 799 g/mol. The predicted octanol–water partition coefficient (Wildman–Crippen LogP) is 15.5. The lowest BCUT2D eigenvalue weighted by atomic mass is 10.0. The van der Waals surface area contributed by atoms with Crippen LogP contribution >= 0.6 is 0 Å². The van der Waals surface area contributed by atoms with Gasteiger partial charge in [-0.25, -0.2) is 0 Å². The number of carbonyl (C=O) groups is 3. The SMILES string of the molecule is CC/C=C\C/C=C\C/C=C\C/C=C\CCCCC(=O)OC[C@@H](COC(=O)CCCCCCCCCCCC)OC(=O)CCCCCCCCCCCCCCCC. The maximum absolute atomic E-state index is 12.7. The highest BCUT2D eigenvalue weighted by Crippen LogP contribution is 2.15. The summed E-state index contributed by atoms with van der Waals surface area (Å²) in [6.45, 7) is 6.48. The van der Waals surface area contributed by atoms with Crippen LogP contribution in [0.4, 0.5) is 0 Å². The lowest BCUT2D eigenvalue weighted by Crippen LogP contribution is -2.30. The molecular weight excluding hydrogens is 709 g/mol. The van der Waals surface area contributed by atoms with E-state index in [4.69, 9.17) is 14.2 Å². The Kier molecular flexibility index (Phi) is 43.9. The van der Waals surface area contributed by atoms with Gasteiger partial charge in [-0.15, -0.1) is 0 Å². The number of allylic oxidation sites excluding steroid dienone is 8. The van der Waals surface area contributed by atoms with E-state index in [1.54, 1.807) is 0 Å². The van der Waals surface area contributed by atoms with Crippen LogP contribution in [-0.4, -0.2) is 37.2 Å². The van der Waals surface area contributed by atoms with Crippen molar-refractivity contribution in [1.82, 2.24) is 0 Å². The van der Waals surface area contributed by atoms with Gasteiger partial charge in [0.15, 0.2) is 6.10 Å². The molecule has 0 heterocycles. The summed E-state index contributed by atoms with van der Waals surface area (Å²) in [7, 11) is 0. The van der Waals surface area contributed by atoms with E-state index >= 15 is 0 Å². The van der Waals surface area contributed by atoms with E-state index in [0.717, 1.165) is 83.5 Å². The molecule has 0 rings (SSSR count). The fourth-order valence-electron chi connectivity index (χ4n) is 6.73. The van der Waals surface area contributed by atoms with E-state index in [-0.39, 0.29) is 31.1 Å². The Morgan fingerprint density at radius 2 is 0.684 bits per heavy atom. The second kappa shape index (κ2) is 46.1. The summed E-state index contributed by atoms with van der Waals surface area (Å²) < 4.78 is 16.7. The highest BCUT2D eigenvalue weighted by Gasteiger charge is 2.19. The van der Waals surface area contributed by atoms with E-state index in [9.17, 15) is 14.4 Å². The Balaban J connectivity index is 4.41. The van der Waals surface area contributed by atoms with Gasteiger partial charge in [0.25, 0.3) is 0 Å². The number of rotatable bonds is 43. The standard InChI is InChI=1S/C51H90O6/c1-4-7-10-13-16-19-22-24-26-28-29-32-35-38-41-44-50(53)56-47-48(46-55-49(52)43-40-37-34-31-21-18-15-12-9-6-3)57-51(54)45-42-39-36-33-30-27-25-23-20-17-14-11-8-5-2/h7,10,16,19,24,26,29,32,48H,4-6,8-9,11-15,17-18,20-23,25,27-28,30-31,33-47H2,1-3H3/b10-7-,19-16-,26-24-,32-29-/t48-/m1/s1. The van der Waals surface area contributed by atoms with E-state index < -0.39 is 6.10 Å². The molecule has 0 aliphatic carbocycles. The topological polar surface area (TPSA) is 78.9 Å². The average Bonchev–Trinajstić information content (AvgIpc) is 3.21. The van der Waals surface area contributed by atoms with E-state index in [1.165, 1.54) is 116 Å². The number of carbonyl (C=O) groups excluding carboxylic acids is 3. The minimum atomic E-state index is -0.783. The van der Waals surface area contributed by atoms with Crippen molar-refractivity contribution >= 4 is 17.9 Å². The van der Waals surface area contributed by atoms with Gasteiger partial charge in [0.05, 0.1) is 0 Å². The van der Waals surface area contributed by atoms with Gasteiger partial charge in [-0.1, -0.05) is 211 Å². The smallest absolute Gasteiger partial charge is 0.306 e. The Morgan fingerprint density at radius 1 is 0.368 bits per heavy atom. The lowest BCUT2D eigenvalue weighted by Gasteiger charge is -2.18. The normalized spacial score (nSPS) is 12.4. The zero-order chi connectivity index (χ0) is 41.5. The van der Waals surface area contributed by atoms with Crippen molar-refractivity contribution in [1.29, 1.82) is 0 Å². The van der Waals surface area contributed by atoms with Crippen LogP contribution in [0.3, 0.4) is 0 Å². The van der Waals surface area contributed by atoms with Crippen LogP contribution in [0, 0.1) is 0 Å². The molecule has 1 atom stereocenters. The largest absolute Gasteiger partial charge is 0.462 e. The number of ether oxygens (including phenoxy) is 3. The number of hydrogen-bond donors (Lipinski definition) is 0. The van der Waals surface area contributed by atoms with Crippen molar-refractivity contribution in [3.8, 4) is 0 Å². The molecule has 0 aliphatic heterocycles. The van der Waals surface area contributed by atoms with Gasteiger partial charge in [-0.2, -0.15) is 0 Å². The van der Waals surface area contributed by atoms with Gasteiger partial charge >= 0.3 is 17.9 Å². The zero-order valence-corrected chi connectivity index (χ0v) is 37.6. The second-order valence-corrected chi connectivity index (χ2v) is 16.0. The molecule has 0 N–H and O–H groups in total. The van der Waals surface area contributed by atoms with Crippen LogP contribution in [-0.2, 0) is 28.6 Å². The first-order valence-corrected chi connectivity index (χ1v) is 24.1. The Morgan fingerprint density at radius 3 is 1.07 bits per heavy atom. The van der Waals surface area contributed by atoms with Gasteiger partial charge in [0.1, 0.15) is 13.2 Å². The quantitative estimate of drug-likeness (QED) is 0.0265. The van der Waals surface area contributed by atoms with Gasteiger partial charge in [0, 0.05) is 19.3 Å². The van der Waals surface area contributed by atoms with E-state index in [0.29, 0.717) is 19.3 Å². The molecular formula is C51H90O6. The molecule has 330 valence electrons. The van der Waals surface area contributed by atoms with Crippen LogP contribution in [0.5, 0.6) is 0 Å². The number of hydrogen-bond acceptors (Lipinski definition) is 6. The maximum atomic E-state index is 12.7. The van der Waals surface area contributed by atoms with Crippen LogP contribution in [0.2, 0.25) is 0 Å². The third-order valence-corrected chi connectivity index (χ3v) is 10.3. The summed E-state index contributed by atoms with van der Waals surface area (Å²) in [6.07, 6.45) is 53.8. The predicted molar refractivity (Wildman–Crippen MR) is 242 cm³/mol. The van der Waals surface area contributed by atoms with Crippen molar-refractivity contribution in [2.45, 2.75) is 245 Å². The fourth-order valence-corrected chi connectivity index (χ4v) is 6.73. The van der Waals surface area contributed by atoms with Gasteiger partial charge in [-0.05, 0) is 57.8 Å². The first-order valence-electron chi connectivity index (χ1n) is 24.1. The molecule has 0 aliphatic rings. The molecule has 0 aromatic carbocycles. The summed E-state index contributed by atoms with van der Waals surface area (Å²) >= 11 is 0. The first-order chi connectivity index (χ1) is 28.0. The first kappa shape index (κ1) is 54.4. The molecule has 6 nitrogen and oxygen atoms in total. The average molecular weight is 799 g/mol. The Hall–Kier alpha value is -2.63. The van der Waals surface area contributed by atoms with Gasteiger partial charge < -0.3 is 14.2 Å². The summed E-state index contributed by atoms with van der Waals surface area (Å²) in [6, 6.07) is 0. The molecule has 57 heavy (non-hydrogen) atoms. The lowest BCUT2D eigenvalue weighted by molar-refractivity contribution is -0.167. The Bertz CT molecular complexity index is 1010. The molecule has 0 aromatic rings. The third-order valence-electron chi connectivity index (χ3n) is 10.3. The molecule has 0 unspecified atom stereocenters. The second-order valence-electron chi connectivity index (χ2n) is 16.0. The van der Waals surface area contributed by atoms with E-state index in [2.05, 4.69) is 69.4 Å². The minimum Gasteiger partial charge on any atom is -0.462 e. The van der Waals surface area contributed by atoms with Crippen LogP contribution in [0.1, 0.15) is 239 Å². The molecule has 0 bridgehead atoms. The highest BCUT2D eigenvalue weighted by molar-refractivity contribution is 5.71. The summed E-state index contributed by atoms with van der Waals surface area (Å²) in [4.78, 5) is 37.8. The molecule has 6 heteroatoms. The van der Waals surface area contributed by atoms with Crippen molar-refractivity contribution in [3.63, 3.8) is 0 Å². The number of unbranched alkanes of at least 4 members (excludes halogenated alkanes) is 24. The number of esters is 3. The van der Waals surface area contributed by atoms with Crippen molar-refractivity contribution < 1.29 is 28.6 Å². The minimum absolute atomic E-state index is 0.0832. The van der Waals surface area contributed by atoms with Gasteiger partial charge in [0.2, 0.25) is 0 Å². The highest BCUT2D eigenvalue weighted by atomic mass is 16.6.